The summed E-state index contributed by atoms with van der Waals surface area (Å²) in [5, 5.41) is 10.7. The maximum absolute atomic E-state index is 13.3. The van der Waals surface area contributed by atoms with Crippen LogP contribution in [-0.2, 0) is 5.41 Å². The minimum absolute atomic E-state index is 0.105. The van der Waals surface area contributed by atoms with Crippen molar-refractivity contribution in [2.45, 2.75) is 43.6 Å². The lowest BCUT2D eigenvalue weighted by Gasteiger charge is -2.43. The Balaban J connectivity index is 1.30. The fourth-order valence-corrected chi connectivity index (χ4v) is 5.09. The molecular weight excluding hydrogens is 371 g/mol. The van der Waals surface area contributed by atoms with Crippen LogP contribution in [0.15, 0.2) is 46.8 Å². The van der Waals surface area contributed by atoms with Gasteiger partial charge in [0.1, 0.15) is 5.82 Å². The molecule has 2 N–H and O–H groups in total. The molecule has 2 heterocycles. The summed E-state index contributed by atoms with van der Waals surface area (Å²) in [6, 6.07) is 11.8. The Morgan fingerprint density at radius 1 is 1.21 bits per heavy atom. The van der Waals surface area contributed by atoms with Crippen molar-refractivity contribution in [2.75, 3.05) is 31.6 Å². The highest BCUT2D eigenvalue weighted by Crippen LogP contribution is 2.43. The third kappa shape index (κ3) is 4.17. The molecule has 1 saturated heterocycles. The van der Waals surface area contributed by atoms with Gasteiger partial charge in [0.15, 0.2) is 5.96 Å². The van der Waals surface area contributed by atoms with Crippen LogP contribution in [0.5, 0.6) is 0 Å². The lowest BCUT2D eigenvalue weighted by atomic mass is 9.64. The van der Waals surface area contributed by atoms with Crippen LogP contribution >= 0.6 is 11.3 Å². The summed E-state index contributed by atoms with van der Waals surface area (Å²) in [5.74, 6) is 0.709. The molecule has 0 atom stereocenters. The fourth-order valence-electron chi connectivity index (χ4n) is 4.31. The smallest absolute Gasteiger partial charge is 0.191 e. The lowest BCUT2D eigenvalue weighted by Crippen LogP contribution is -2.52. The molecule has 4 rings (SSSR count). The van der Waals surface area contributed by atoms with Crippen molar-refractivity contribution in [3.8, 4) is 0 Å². The Bertz CT molecular complexity index is 775. The van der Waals surface area contributed by atoms with Crippen molar-refractivity contribution in [3.05, 3.63) is 53.2 Å². The minimum Gasteiger partial charge on any atom is -0.363 e. The molecule has 0 amide bonds. The molecule has 1 aromatic heterocycles. The monoisotopic (exact) mass is 400 g/mol. The number of nitrogens with one attached hydrogen (secondary N) is 2. The Kier molecular flexibility index (Phi) is 5.85. The van der Waals surface area contributed by atoms with E-state index in [-0.39, 0.29) is 11.2 Å². The Labute approximate surface area is 170 Å². The number of hydrogen-bond acceptors (Lipinski definition) is 3. The third-order valence-electron chi connectivity index (χ3n) is 6.24. The van der Waals surface area contributed by atoms with Crippen LogP contribution in [0.2, 0.25) is 0 Å². The Morgan fingerprint density at radius 2 is 1.96 bits per heavy atom. The second-order valence-corrected chi connectivity index (χ2v) is 8.85. The summed E-state index contributed by atoms with van der Waals surface area (Å²) in [7, 11) is 1.83. The van der Waals surface area contributed by atoms with Gasteiger partial charge in [-0.05, 0) is 60.9 Å². The molecule has 2 aliphatic rings. The molecule has 4 nitrogen and oxygen atoms in total. The van der Waals surface area contributed by atoms with Gasteiger partial charge in [0, 0.05) is 38.1 Å². The first-order chi connectivity index (χ1) is 13.7. The zero-order valence-electron chi connectivity index (χ0n) is 16.5. The molecule has 2 aromatic rings. The highest BCUT2D eigenvalue weighted by atomic mass is 32.1. The molecule has 28 heavy (non-hydrogen) atoms. The number of piperidine rings is 1. The Hall–Kier alpha value is -2.08. The van der Waals surface area contributed by atoms with Crippen LogP contribution in [0.4, 0.5) is 9.39 Å². The molecule has 1 aromatic carbocycles. The van der Waals surface area contributed by atoms with E-state index in [0.717, 1.165) is 51.3 Å². The summed E-state index contributed by atoms with van der Waals surface area (Å²) >= 11 is 1.81. The number of hydrogen-bond donors (Lipinski definition) is 2. The first-order valence-corrected chi connectivity index (χ1v) is 11.1. The standard InChI is InChI=1S/C22H29FN4S/c1-24-21(26-19-9-13-27(14-10-19)20-4-2-15-28-20)25-16-22(11-3-12-22)17-5-7-18(23)8-6-17/h2,4-8,15,19H,3,9-14,16H2,1H3,(H2,24,25,26). The number of aliphatic imine (C=N–C) groups is 1. The van der Waals surface area contributed by atoms with E-state index in [1.54, 1.807) is 12.1 Å². The van der Waals surface area contributed by atoms with Crippen molar-refractivity contribution < 1.29 is 4.39 Å². The summed E-state index contributed by atoms with van der Waals surface area (Å²) in [6.45, 7) is 3.00. The van der Waals surface area contributed by atoms with Crippen LogP contribution in [0, 0.1) is 5.82 Å². The highest BCUT2D eigenvalue weighted by Gasteiger charge is 2.38. The molecule has 0 spiro atoms. The maximum atomic E-state index is 13.3. The van der Waals surface area contributed by atoms with Crippen LogP contribution in [0.25, 0.3) is 0 Å². The topological polar surface area (TPSA) is 39.7 Å². The fraction of sp³-hybridized carbons (Fsp3) is 0.500. The van der Waals surface area contributed by atoms with E-state index in [9.17, 15) is 4.39 Å². The van der Waals surface area contributed by atoms with E-state index in [1.165, 1.54) is 17.0 Å². The maximum Gasteiger partial charge on any atom is 0.191 e. The van der Waals surface area contributed by atoms with E-state index in [0.29, 0.717) is 6.04 Å². The third-order valence-corrected chi connectivity index (χ3v) is 7.17. The number of rotatable bonds is 5. The number of thiophene rings is 1. The first kappa shape index (κ1) is 19.2. The van der Waals surface area contributed by atoms with Gasteiger partial charge in [-0.1, -0.05) is 18.6 Å². The molecule has 1 aliphatic carbocycles. The first-order valence-electron chi connectivity index (χ1n) is 10.2. The summed E-state index contributed by atoms with van der Waals surface area (Å²) < 4.78 is 13.3. The number of halogens is 1. The van der Waals surface area contributed by atoms with Crippen molar-refractivity contribution >= 4 is 22.3 Å². The molecule has 6 heteroatoms. The van der Waals surface area contributed by atoms with E-state index in [2.05, 4.69) is 38.0 Å². The zero-order valence-corrected chi connectivity index (χ0v) is 17.3. The van der Waals surface area contributed by atoms with Crippen molar-refractivity contribution in [3.63, 3.8) is 0 Å². The van der Waals surface area contributed by atoms with E-state index >= 15 is 0 Å². The minimum atomic E-state index is -0.169. The summed E-state index contributed by atoms with van der Waals surface area (Å²) in [4.78, 5) is 6.91. The number of guanidine groups is 1. The van der Waals surface area contributed by atoms with Crippen molar-refractivity contribution in [2.24, 2.45) is 4.99 Å². The molecule has 1 saturated carbocycles. The van der Waals surface area contributed by atoms with Crippen LogP contribution in [0.3, 0.4) is 0 Å². The van der Waals surface area contributed by atoms with Gasteiger partial charge in [0.05, 0.1) is 5.00 Å². The zero-order chi connectivity index (χ0) is 19.4. The SMILES string of the molecule is CN=C(NCC1(c2ccc(F)cc2)CCC1)NC1CCN(c2cccs2)CC1. The van der Waals surface area contributed by atoms with Crippen LogP contribution in [-0.4, -0.2) is 38.7 Å². The normalized spacial score (nSPS) is 19.9. The van der Waals surface area contributed by atoms with E-state index < -0.39 is 0 Å². The Morgan fingerprint density at radius 3 is 2.54 bits per heavy atom. The average Bonchev–Trinajstić information content (AvgIpc) is 3.23. The van der Waals surface area contributed by atoms with E-state index in [1.807, 2.05) is 30.5 Å². The van der Waals surface area contributed by atoms with Gasteiger partial charge in [0.25, 0.3) is 0 Å². The number of benzene rings is 1. The second-order valence-electron chi connectivity index (χ2n) is 7.92. The lowest BCUT2D eigenvalue weighted by molar-refractivity contribution is 0.243. The highest BCUT2D eigenvalue weighted by molar-refractivity contribution is 7.14. The van der Waals surface area contributed by atoms with Crippen LogP contribution in [0.1, 0.15) is 37.7 Å². The predicted molar refractivity (Wildman–Crippen MR) is 116 cm³/mol. The quantitative estimate of drug-likeness (QED) is 0.585. The van der Waals surface area contributed by atoms with Gasteiger partial charge in [-0.15, -0.1) is 11.3 Å². The van der Waals surface area contributed by atoms with Gasteiger partial charge < -0.3 is 15.5 Å². The number of anilines is 1. The molecule has 0 unspecified atom stereocenters. The average molecular weight is 401 g/mol. The molecule has 150 valence electrons. The van der Waals surface area contributed by atoms with Crippen molar-refractivity contribution in [1.29, 1.82) is 0 Å². The molecule has 0 bridgehead atoms. The molecular formula is C22H29FN4S. The summed E-state index contributed by atoms with van der Waals surface area (Å²) in [6.07, 6.45) is 5.74. The molecule has 0 radical (unpaired) electrons. The molecule has 1 aliphatic heterocycles. The van der Waals surface area contributed by atoms with Gasteiger partial charge >= 0.3 is 0 Å². The van der Waals surface area contributed by atoms with Gasteiger partial charge in [-0.2, -0.15) is 0 Å². The second kappa shape index (κ2) is 8.52. The van der Waals surface area contributed by atoms with Gasteiger partial charge in [-0.25, -0.2) is 4.39 Å². The molecule has 2 fully saturated rings. The van der Waals surface area contributed by atoms with Gasteiger partial charge in [0.2, 0.25) is 0 Å². The van der Waals surface area contributed by atoms with Crippen LogP contribution < -0.4 is 15.5 Å². The predicted octanol–water partition coefficient (Wildman–Crippen LogP) is 4.14. The van der Waals surface area contributed by atoms with Crippen molar-refractivity contribution in [1.82, 2.24) is 10.6 Å². The largest absolute Gasteiger partial charge is 0.363 e. The summed E-state index contributed by atoms with van der Waals surface area (Å²) in [5.41, 5.74) is 1.33. The van der Waals surface area contributed by atoms with E-state index in [4.69, 9.17) is 0 Å². The van der Waals surface area contributed by atoms with Gasteiger partial charge in [-0.3, -0.25) is 4.99 Å². The number of nitrogens with zero attached hydrogens (tertiary/aromatic N) is 2.